The number of hydrogen-bond donors (Lipinski definition) is 4. The van der Waals surface area contributed by atoms with Crippen LogP contribution in [0.2, 0.25) is 0 Å². The van der Waals surface area contributed by atoms with Gasteiger partial charge in [0.25, 0.3) is 15.9 Å². The topological polar surface area (TPSA) is 133 Å². The molecule has 0 bridgehead atoms. The van der Waals surface area contributed by atoms with E-state index in [1.807, 2.05) is 4.72 Å². The fourth-order valence-corrected chi connectivity index (χ4v) is 4.54. The van der Waals surface area contributed by atoms with Crippen molar-refractivity contribution in [2.24, 2.45) is 0 Å². The number of amides is 1. The number of carboxylic acid groups (broad SMARTS) is 1. The van der Waals surface area contributed by atoms with Gasteiger partial charge in [-0.2, -0.15) is 4.72 Å². The van der Waals surface area contributed by atoms with Crippen molar-refractivity contribution in [3.63, 3.8) is 0 Å². The maximum Gasteiger partial charge on any atom is 0.318 e. The van der Waals surface area contributed by atoms with Gasteiger partial charge in [-0.05, 0) is 42.7 Å². The molecule has 0 aliphatic heterocycles. The lowest BCUT2D eigenvalue weighted by molar-refractivity contribution is -0.135. The molecule has 8 nitrogen and oxygen atoms in total. The van der Waals surface area contributed by atoms with Crippen LogP contribution in [-0.4, -0.2) is 43.7 Å². The Kier molecular flexibility index (Phi) is 7.46. The van der Waals surface area contributed by atoms with Crippen LogP contribution in [0.1, 0.15) is 12.8 Å². The monoisotopic (exact) mass is 424 g/mol. The van der Waals surface area contributed by atoms with E-state index in [9.17, 15) is 18.0 Å². The van der Waals surface area contributed by atoms with Gasteiger partial charge in [-0.3, -0.25) is 9.59 Å². The molecule has 1 aromatic carbocycles. The molecule has 2 aromatic rings. The average molecular weight is 425 g/mol. The standard InChI is InChI=1S/C18H20N2O6S2/c1-12(4-3-9-21)18(24)20-14-6-2-5-13(10-14)15-7-8-17(27-15)28(25,26)19-11-16(22)23/h2,5-8,10,19,21H,1,3-4,9,11H2,(H,20,24)(H,22,23). The molecule has 0 saturated carbocycles. The predicted molar refractivity (Wildman–Crippen MR) is 107 cm³/mol. The Balaban J connectivity index is 2.14. The molecule has 2 rings (SSSR count). The zero-order chi connectivity index (χ0) is 20.7. The lowest BCUT2D eigenvalue weighted by Crippen LogP contribution is -2.28. The normalized spacial score (nSPS) is 11.2. The first kappa shape index (κ1) is 21.8. The highest BCUT2D eigenvalue weighted by atomic mass is 32.2. The van der Waals surface area contributed by atoms with Gasteiger partial charge >= 0.3 is 5.97 Å². The van der Waals surface area contributed by atoms with Crippen molar-refractivity contribution in [3.8, 4) is 10.4 Å². The van der Waals surface area contributed by atoms with E-state index in [1.54, 1.807) is 30.3 Å². The number of aliphatic hydroxyl groups is 1. The van der Waals surface area contributed by atoms with Crippen LogP contribution in [0.3, 0.4) is 0 Å². The third-order valence-corrected chi connectivity index (χ3v) is 6.65. The van der Waals surface area contributed by atoms with Gasteiger partial charge in [0.2, 0.25) is 0 Å². The summed E-state index contributed by atoms with van der Waals surface area (Å²) in [5, 5.41) is 20.2. The van der Waals surface area contributed by atoms with Crippen molar-refractivity contribution in [2.45, 2.75) is 17.1 Å². The van der Waals surface area contributed by atoms with Crippen LogP contribution in [0.25, 0.3) is 10.4 Å². The predicted octanol–water partition coefficient (Wildman–Crippen LogP) is 2.05. The lowest BCUT2D eigenvalue weighted by Gasteiger charge is -2.08. The number of carbonyl (C=O) groups is 2. The Morgan fingerprint density at radius 2 is 1.93 bits per heavy atom. The summed E-state index contributed by atoms with van der Waals surface area (Å²) < 4.78 is 26.2. The number of carboxylic acids is 1. The second kappa shape index (κ2) is 9.60. The first-order valence-electron chi connectivity index (χ1n) is 8.24. The molecule has 0 unspecified atom stereocenters. The van der Waals surface area contributed by atoms with Gasteiger partial charge in [0.1, 0.15) is 10.8 Å². The average Bonchev–Trinajstić information content (AvgIpc) is 3.16. The molecule has 4 N–H and O–H groups in total. The van der Waals surface area contributed by atoms with Crippen LogP contribution < -0.4 is 10.0 Å². The zero-order valence-corrected chi connectivity index (χ0v) is 16.5. The molecule has 0 aliphatic rings. The molecular formula is C18H20N2O6S2. The van der Waals surface area contributed by atoms with Crippen molar-refractivity contribution in [1.82, 2.24) is 4.72 Å². The molecule has 0 saturated heterocycles. The smallest absolute Gasteiger partial charge is 0.318 e. The quantitative estimate of drug-likeness (QED) is 0.432. The molecule has 1 aromatic heterocycles. The number of carbonyl (C=O) groups excluding carboxylic acids is 1. The number of sulfonamides is 1. The summed E-state index contributed by atoms with van der Waals surface area (Å²) in [6.45, 7) is 2.97. The Hall–Kier alpha value is -2.53. The van der Waals surface area contributed by atoms with Gasteiger partial charge in [0.15, 0.2) is 0 Å². The van der Waals surface area contributed by atoms with Gasteiger partial charge in [-0.15, -0.1) is 11.3 Å². The summed E-state index contributed by atoms with van der Waals surface area (Å²) in [5.74, 6) is -1.62. The zero-order valence-electron chi connectivity index (χ0n) is 14.8. The second-order valence-electron chi connectivity index (χ2n) is 5.80. The van der Waals surface area contributed by atoms with Gasteiger partial charge in [-0.25, -0.2) is 8.42 Å². The molecular weight excluding hydrogens is 404 g/mol. The summed E-state index contributed by atoms with van der Waals surface area (Å²) in [6.07, 6.45) is 0.839. The summed E-state index contributed by atoms with van der Waals surface area (Å²) >= 11 is 0.988. The fourth-order valence-electron chi connectivity index (χ4n) is 2.22. The Labute approximate surface area is 166 Å². The minimum Gasteiger partial charge on any atom is -0.480 e. The van der Waals surface area contributed by atoms with Gasteiger partial charge in [-0.1, -0.05) is 18.7 Å². The Bertz CT molecular complexity index is 981. The molecule has 0 aliphatic carbocycles. The van der Waals surface area contributed by atoms with Crippen LogP contribution in [0, 0.1) is 0 Å². The van der Waals surface area contributed by atoms with Crippen molar-refractivity contribution in [3.05, 3.63) is 48.6 Å². The van der Waals surface area contributed by atoms with Crippen LogP contribution in [0.15, 0.2) is 52.8 Å². The highest BCUT2D eigenvalue weighted by molar-refractivity contribution is 7.91. The van der Waals surface area contributed by atoms with E-state index < -0.39 is 22.5 Å². The molecule has 0 radical (unpaired) electrons. The molecule has 0 spiro atoms. The third-order valence-electron chi connectivity index (χ3n) is 3.62. The van der Waals surface area contributed by atoms with E-state index in [-0.39, 0.29) is 16.7 Å². The van der Waals surface area contributed by atoms with E-state index in [2.05, 4.69) is 11.9 Å². The number of anilines is 1. The van der Waals surface area contributed by atoms with Gasteiger partial charge in [0, 0.05) is 22.7 Å². The summed E-state index contributed by atoms with van der Waals surface area (Å²) in [7, 11) is -3.91. The van der Waals surface area contributed by atoms with E-state index in [1.165, 1.54) is 6.07 Å². The van der Waals surface area contributed by atoms with Crippen LogP contribution in [-0.2, 0) is 19.6 Å². The molecule has 10 heteroatoms. The highest BCUT2D eigenvalue weighted by Crippen LogP contribution is 2.32. The minimum atomic E-state index is -3.91. The van der Waals surface area contributed by atoms with E-state index in [4.69, 9.17) is 10.2 Å². The molecule has 0 atom stereocenters. The van der Waals surface area contributed by atoms with Crippen LogP contribution in [0.4, 0.5) is 5.69 Å². The van der Waals surface area contributed by atoms with Crippen molar-refractivity contribution in [1.29, 1.82) is 0 Å². The van der Waals surface area contributed by atoms with Crippen molar-refractivity contribution >= 4 is 38.9 Å². The van der Waals surface area contributed by atoms with E-state index in [0.717, 1.165) is 11.3 Å². The van der Waals surface area contributed by atoms with Crippen LogP contribution >= 0.6 is 11.3 Å². The number of benzene rings is 1. The first-order valence-corrected chi connectivity index (χ1v) is 10.5. The summed E-state index contributed by atoms with van der Waals surface area (Å²) in [4.78, 5) is 23.3. The first-order chi connectivity index (χ1) is 13.2. The van der Waals surface area contributed by atoms with Gasteiger partial charge in [0.05, 0.1) is 0 Å². The van der Waals surface area contributed by atoms with E-state index >= 15 is 0 Å². The number of aliphatic carboxylic acids is 1. The highest BCUT2D eigenvalue weighted by Gasteiger charge is 2.18. The third kappa shape index (κ3) is 5.99. The number of thiophene rings is 1. The molecule has 1 amide bonds. The maximum atomic E-state index is 12.1. The van der Waals surface area contributed by atoms with Gasteiger partial charge < -0.3 is 15.5 Å². The SMILES string of the molecule is C=C(CCCO)C(=O)Nc1cccc(-c2ccc(S(=O)(=O)NCC(=O)O)s2)c1. The fraction of sp³-hybridized carbons (Fsp3) is 0.222. The molecule has 0 fully saturated rings. The summed E-state index contributed by atoms with van der Waals surface area (Å²) in [5.41, 5.74) is 1.58. The van der Waals surface area contributed by atoms with Crippen molar-refractivity contribution in [2.75, 3.05) is 18.5 Å². The molecule has 28 heavy (non-hydrogen) atoms. The second-order valence-corrected chi connectivity index (χ2v) is 8.88. The number of hydrogen-bond acceptors (Lipinski definition) is 6. The molecule has 1 heterocycles. The van der Waals surface area contributed by atoms with Crippen molar-refractivity contribution < 1.29 is 28.2 Å². The number of rotatable bonds is 10. The molecule has 150 valence electrons. The maximum absolute atomic E-state index is 12.1. The summed E-state index contributed by atoms with van der Waals surface area (Å²) in [6, 6.07) is 9.89. The number of aliphatic hydroxyl groups excluding tert-OH is 1. The lowest BCUT2D eigenvalue weighted by atomic mass is 10.1. The number of nitrogens with one attached hydrogen (secondary N) is 2. The minimum absolute atomic E-state index is 0.00410. The van der Waals surface area contributed by atoms with E-state index in [0.29, 0.717) is 34.5 Å². The largest absolute Gasteiger partial charge is 0.480 e. The Morgan fingerprint density at radius 3 is 2.61 bits per heavy atom. The Morgan fingerprint density at radius 1 is 1.18 bits per heavy atom. The van der Waals surface area contributed by atoms with Crippen LogP contribution in [0.5, 0.6) is 0 Å².